The third-order valence-corrected chi connectivity index (χ3v) is 4.25. The molecule has 0 spiro atoms. The van der Waals surface area contributed by atoms with Gasteiger partial charge in [-0.1, -0.05) is 30.3 Å². The van der Waals surface area contributed by atoms with E-state index in [1.807, 2.05) is 9.80 Å². The zero-order valence-electron chi connectivity index (χ0n) is 12.0. The molecule has 112 valence electrons. The Bertz CT molecular complexity index is 610. The van der Waals surface area contributed by atoms with E-state index in [-0.39, 0.29) is 5.91 Å². The molecule has 3 rings (SSSR count). The molecule has 3 heterocycles. The largest absolute Gasteiger partial charge is 0.364 e. The Morgan fingerprint density at radius 1 is 1.38 bits per heavy atom. The van der Waals surface area contributed by atoms with Crippen LogP contribution < -0.4 is 4.90 Å². The van der Waals surface area contributed by atoms with E-state index in [0.29, 0.717) is 23.2 Å². The first-order valence-corrected chi connectivity index (χ1v) is 7.72. The molecule has 1 fully saturated rings. The molecule has 0 radical (unpaired) electrons. The number of rotatable bonds is 4. The third kappa shape index (κ3) is 3.05. The highest BCUT2D eigenvalue weighted by atomic mass is 32.1. The van der Waals surface area contributed by atoms with Gasteiger partial charge in [0.1, 0.15) is 12.0 Å². The first-order valence-electron chi connectivity index (χ1n) is 6.90. The van der Waals surface area contributed by atoms with Crippen molar-refractivity contribution in [3.8, 4) is 10.7 Å². The first kappa shape index (κ1) is 14.0. The standard InChI is InChI=1S/C13H17N5O2S/c1-9(2)7-17-4-5-18(8-11(17)19)13-15-14-12(21-13)10-3-6-20-16-10/h3,6,9H,4-5,7-8H2,1-2H3. The smallest absolute Gasteiger partial charge is 0.242 e. The average Bonchev–Trinajstić information content (AvgIpc) is 3.10. The molecule has 0 N–H and O–H groups in total. The van der Waals surface area contributed by atoms with Gasteiger partial charge in [-0.15, -0.1) is 10.2 Å². The van der Waals surface area contributed by atoms with Gasteiger partial charge >= 0.3 is 0 Å². The third-order valence-electron chi connectivity index (χ3n) is 3.25. The number of amides is 1. The number of carbonyl (C=O) groups is 1. The second kappa shape index (κ2) is 5.80. The van der Waals surface area contributed by atoms with Crippen LogP contribution in [0.1, 0.15) is 13.8 Å². The summed E-state index contributed by atoms with van der Waals surface area (Å²) in [7, 11) is 0. The summed E-state index contributed by atoms with van der Waals surface area (Å²) in [6, 6.07) is 1.75. The molecule has 0 aliphatic carbocycles. The van der Waals surface area contributed by atoms with Gasteiger partial charge in [-0.3, -0.25) is 4.79 Å². The van der Waals surface area contributed by atoms with Gasteiger partial charge in [-0.05, 0) is 5.92 Å². The average molecular weight is 307 g/mol. The molecular formula is C13H17N5O2S. The van der Waals surface area contributed by atoms with Gasteiger partial charge in [0.2, 0.25) is 11.0 Å². The van der Waals surface area contributed by atoms with E-state index in [4.69, 9.17) is 4.52 Å². The molecule has 0 aromatic carbocycles. The SMILES string of the molecule is CC(C)CN1CCN(c2nnc(-c3ccon3)s2)CC1=O. The van der Waals surface area contributed by atoms with Crippen molar-refractivity contribution in [2.45, 2.75) is 13.8 Å². The highest BCUT2D eigenvalue weighted by molar-refractivity contribution is 7.18. The summed E-state index contributed by atoms with van der Waals surface area (Å²) in [5.41, 5.74) is 0.670. The molecule has 0 bridgehead atoms. The quantitative estimate of drug-likeness (QED) is 0.852. The second-order valence-electron chi connectivity index (χ2n) is 5.43. The number of anilines is 1. The predicted molar refractivity (Wildman–Crippen MR) is 79.0 cm³/mol. The van der Waals surface area contributed by atoms with E-state index >= 15 is 0 Å². The molecule has 0 atom stereocenters. The maximum atomic E-state index is 12.2. The number of hydrogen-bond acceptors (Lipinski definition) is 7. The highest BCUT2D eigenvalue weighted by Gasteiger charge is 2.26. The van der Waals surface area contributed by atoms with E-state index in [9.17, 15) is 4.79 Å². The fraction of sp³-hybridized carbons (Fsp3) is 0.538. The summed E-state index contributed by atoms with van der Waals surface area (Å²) < 4.78 is 4.81. The summed E-state index contributed by atoms with van der Waals surface area (Å²) in [5.74, 6) is 0.633. The molecule has 1 aliphatic heterocycles. The molecule has 2 aromatic heterocycles. The van der Waals surface area contributed by atoms with Gasteiger partial charge in [-0.25, -0.2) is 0 Å². The van der Waals surface area contributed by atoms with Gasteiger partial charge in [-0.2, -0.15) is 0 Å². The van der Waals surface area contributed by atoms with E-state index in [2.05, 4.69) is 29.2 Å². The van der Waals surface area contributed by atoms with E-state index < -0.39 is 0 Å². The van der Waals surface area contributed by atoms with Crippen molar-refractivity contribution < 1.29 is 9.32 Å². The lowest BCUT2D eigenvalue weighted by Crippen LogP contribution is -2.51. The van der Waals surface area contributed by atoms with Crippen molar-refractivity contribution in [1.29, 1.82) is 0 Å². The Balaban J connectivity index is 1.68. The Morgan fingerprint density at radius 3 is 2.90 bits per heavy atom. The Hall–Kier alpha value is -1.96. The van der Waals surface area contributed by atoms with Gasteiger partial charge in [0.25, 0.3) is 0 Å². The maximum Gasteiger partial charge on any atom is 0.242 e. The Kier molecular flexibility index (Phi) is 3.87. The van der Waals surface area contributed by atoms with Crippen LogP contribution in [0, 0.1) is 5.92 Å². The molecule has 8 heteroatoms. The van der Waals surface area contributed by atoms with E-state index in [0.717, 1.165) is 24.8 Å². The lowest BCUT2D eigenvalue weighted by molar-refractivity contribution is -0.131. The zero-order chi connectivity index (χ0) is 14.8. The topological polar surface area (TPSA) is 75.4 Å². The fourth-order valence-electron chi connectivity index (χ4n) is 2.28. The highest BCUT2D eigenvalue weighted by Crippen LogP contribution is 2.28. The molecular weight excluding hydrogens is 290 g/mol. The molecule has 1 aliphatic rings. The van der Waals surface area contributed by atoms with Crippen molar-refractivity contribution in [2.75, 3.05) is 31.1 Å². The predicted octanol–water partition coefficient (Wildman–Crippen LogP) is 1.50. The van der Waals surface area contributed by atoms with E-state index in [1.165, 1.54) is 17.6 Å². The van der Waals surface area contributed by atoms with Crippen LogP contribution in [0.25, 0.3) is 10.7 Å². The summed E-state index contributed by atoms with van der Waals surface area (Å²) >= 11 is 1.42. The molecule has 1 amide bonds. The lowest BCUT2D eigenvalue weighted by atomic mass is 10.2. The van der Waals surface area contributed by atoms with Crippen molar-refractivity contribution in [1.82, 2.24) is 20.3 Å². The number of carbonyl (C=O) groups excluding carboxylic acids is 1. The van der Waals surface area contributed by atoms with Crippen LogP contribution in [0.4, 0.5) is 5.13 Å². The van der Waals surface area contributed by atoms with Crippen LogP contribution in [-0.2, 0) is 4.79 Å². The van der Waals surface area contributed by atoms with Crippen LogP contribution in [0.5, 0.6) is 0 Å². The van der Waals surface area contributed by atoms with Crippen molar-refractivity contribution in [2.24, 2.45) is 5.92 Å². The lowest BCUT2D eigenvalue weighted by Gasteiger charge is -2.34. The summed E-state index contributed by atoms with van der Waals surface area (Å²) in [6.45, 7) is 6.93. The summed E-state index contributed by atoms with van der Waals surface area (Å²) in [6.07, 6.45) is 1.50. The molecule has 1 saturated heterocycles. The van der Waals surface area contributed by atoms with Crippen molar-refractivity contribution in [3.63, 3.8) is 0 Å². The van der Waals surface area contributed by atoms with Crippen LogP contribution in [-0.4, -0.2) is 52.3 Å². The Labute approximate surface area is 126 Å². The molecule has 0 unspecified atom stereocenters. The summed E-state index contributed by atoms with van der Waals surface area (Å²) in [5, 5.41) is 13.6. The molecule has 0 saturated carbocycles. The van der Waals surface area contributed by atoms with Gasteiger partial charge in [0, 0.05) is 25.7 Å². The van der Waals surface area contributed by atoms with Crippen LogP contribution >= 0.6 is 11.3 Å². The molecule has 21 heavy (non-hydrogen) atoms. The molecule has 2 aromatic rings. The minimum atomic E-state index is 0.146. The minimum absolute atomic E-state index is 0.146. The number of piperazine rings is 1. The number of nitrogens with zero attached hydrogens (tertiary/aromatic N) is 5. The van der Waals surface area contributed by atoms with Gasteiger partial charge in [0.15, 0.2) is 5.01 Å². The van der Waals surface area contributed by atoms with Gasteiger partial charge in [0.05, 0.1) is 6.54 Å². The maximum absolute atomic E-state index is 12.2. The molecule has 7 nitrogen and oxygen atoms in total. The number of hydrogen-bond donors (Lipinski definition) is 0. The summed E-state index contributed by atoms with van der Waals surface area (Å²) in [4.78, 5) is 16.1. The van der Waals surface area contributed by atoms with Gasteiger partial charge < -0.3 is 14.3 Å². The fourth-order valence-corrected chi connectivity index (χ4v) is 3.11. The first-order chi connectivity index (χ1) is 10.1. The van der Waals surface area contributed by atoms with Crippen LogP contribution in [0.3, 0.4) is 0 Å². The normalized spacial score (nSPS) is 16.0. The zero-order valence-corrected chi connectivity index (χ0v) is 12.8. The number of aromatic nitrogens is 3. The minimum Gasteiger partial charge on any atom is -0.364 e. The monoisotopic (exact) mass is 307 g/mol. The second-order valence-corrected chi connectivity index (χ2v) is 6.39. The van der Waals surface area contributed by atoms with Crippen LogP contribution in [0.15, 0.2) is 16.9 Å². The van der Waals surface area contributed by atoms with Crippen molar-refractivity contribution >= 4 is 22.4 Å². The van der Waals surface area contributed by atoms with Crippen LogP contribution in [0.2, 0.25) is 0 Å². The Morgan fingerprint density at radius 2 is 2.24 bits per heavy atom. The van der Waals surface area contributed by atoms with E-state index in [1.54, 1.807) is 6.07 Å². The van der Waals surface area contributed by atoms with Crippen molar-refractivity contribution in [3.05, 3.63) is 12.3 Å².